The van der Waals surface area contributed by atoms with Crippen LogP contribution in [0.4, 0.5) is 5.69 Å². The molecule has 0 radical (unpaired) electrons. The highest BCUT2D eigenvalue weighted by atomic mass is 35.5. The topological polar surface area (TPSA) is 75.7 Å². The molecule has 6 nitrogen and oxygen atoms in total. The molecule has 0 spiro atoms. The number of aryl methyl sites for hydroxylation is 2. The van der Waals surface area contributed by atoms with Gasteiger partial charge in [0, 0.05) is 5.02 Å². The number of sulfonamides is 1. The fraction of sp³-hybridized carbons (Fsp3) is 0.381. The lowest BCUT2D eigenvalue weighted by molar-refractivity contribution is -0.122. The van der Waals surface area contributed by atoms with Gasteiger partial charge in [0.2, 0.25) is 15.9 Å². The maximum atomic E-state index is 12.7. The monoisotopic (exact) mass is 438 g/mol. The average Bonchev–Trinajstić information content (AvgIpc) is 2.63. The minimum Gasteiger partial charge on any atom is -0.491 e. The Balaban J connectivity index is 2.05. The van der Waals surface area contributed by atoms with Crippen molar-refractivity contribution in [3.05, 3.63) is 58.6 Å². The molecule has 0 bridgehead atoms. The number of carbonyl (C=O) groups excluding carboxylic acids is 1. The molecule has 2 aromatic rings. The summed E-state index contributed by atoms with van der Waals surface area (Å²) in [5.74, 6) is 0.371. The second kappa shape index (κ2) is 9.98. The van der Waals surface area contributed by atoms with Gasteiger partial charge in [0.05, 0.1) is 18.5 Å². The highest BCUT2D eigenvalue weighted by Crippen LogP contribution is 2.25. The summed E-state index contributed by atoms with van der Waals surface area (Å²) in [5, 5.41) is 3.17. The molecule has 2 rings (SSSR count). The largest absolute Gasteiger partial charge is 0.491 e. The molecule has 0 fully saturated rings. The molecule has 0 saturated carbocycles. The highest BCUT2D eigenvalue weighted by Gasteiger charge is 2.31. The molecule has 0 unspecified atom stereocenters. The Bertz CT molecular complexity index is 963. The smallest absolute Gasteiger partial charge is 0.244 e. The van der Waals surface area contributed by atoms with Crippen molar-refractivity contribution < 1.29 is 17.9 Å². The van der Waals surface area contributed by atoms with Gasteiger partial charge in [-0.1, -0.05) is 42.3 Å². The standard InChI is InChI=1S/C21H27ClN2O4S/c1-5-19(24(29(4,26)27)18-8-6-7-17(22)14-18)21(25)23-11-12-28-20-10-9-15(2)13-16(20)3/h6-10,13-14,19H,5,11-12H2,1-4H3,(H,23,25)/t19-/m1/s1. The van der Waals surface area contributed by atoms with Gasteiger partial charge in [-0.2, -0.15) is 0 Å². The van der Waals surface area contributed by atoms with Gasteiger partial charge < -0.3 is 10.1 Å². The molecule has 0 aliphatic carbocycles. The van der Waals surface area contributed by atoms with Gasteiger partial charge in [0.25, 0.3) is 0 Å². The molecular weight excluding hydrogens is 412 g/mol. The van der Waals surface area contributed by atoms with Crippen LogP contribution < -0.4 is 14.4 Å². The van der Waals surface area contributed by atoms with Crippen LogP contribution in [-0.2, 0) is 14.8 Å². The molecule has 1 atom stereocenters. The molecule has 158 valence electrons. The lowest BCUT2D eigenvalue weighted by Crippen LogP contribution is -2.50. The van der Waals surface area contributed by atoms with Crippen molar-refractivity contribution in [1.82, 2.24) is 5.32 Å². The minimum absolute atomic E-state index is 0.260. The van der Waals surface area contributed by atoms with Gasteiger partial charge in [0.1, 0.15) is 18.4 Å². The maximum absolute atomic E-state index is 12.7. The molecular formula is C21H27ClN2O4S. The van der Waals surface area contributed by atoms with E-state index in [1.165, 1.54) is 6.07 Å². The summed E-state index contributed by atoms with van der Waals surface area (Å²) in [4.78, 5) is 12.7. The van der Waals surface area contributed by atoms with E-state index in [1.807, 2.05) is 32.0 Å². The summed E-state index contributed by atoms with van der Waals surface area (Å²) < 4.78 is 31.6. The summed E-state index contributed by atoms with van der Waals surface area (Å²) in [7, 11) is -3.69. The van der Waals surface area contributed by atoms with Gasteiger partial charge in [-0.05, 0) is 50.1 Å². The van der Waals surface area contributed by atoms with Crippen LogP contribution in [0, 0.1) is 13.8 Å². The lowest BCUT2D eigenvalue weighted by Gasteiger charge is -2.30. The van der Waals surface area contributed by atoms with Gasteiger partial charge in [0.15, 0.2) is 0 Å². The predicted molar refractivity (Wildman–Crippen MR) is 117 cm³/mol. The normalized spacial score (nSPS) is 12.3. The van der Waals surface area contributed by atoms with Crippen molar-refractivity contribution >= 4 is 33.2 Å². The van der Waals surface area contributed by atoms with E-state index in [-0.39, 0.29) is 19.1 Å². The van der Waals surface area contributed by atoms with Crippen molar-refractivity contribution in [3.63, 3.8) is 0 Å². The van der Waals surface area contributed by atoms with Crippen LogP contribution in [0.3, 0.4) is 0 Å². The van der Waals surface area contributed by atoms with Crippen LogP contribution >= 0.6 is 11.6 Å². The Labute approximate surface area is 177 Å². The summed E-state index contributed by atoms with van der Waals surface area (Å²) in [6.45, 7) is 6.27. The Morgan fingerprint density at radius 3 is 2.52 bits per heavy atom. The zero-order chi connectivity index (χ0) is 21.6. The predicted octanol–water partition coefficient (Wildman–Crippen LogP) is 3.70. The molecule has 29 heavy (non-hydrogen) atoms. The lowest BCUT2D eigenvalue weighted by atomic mass is 10.1. The number of carbonyl (C=O) groups is 1. The molecule has 0 aromatic heterocycles. The minimum atomic E-state index is -3.69. The molecule has 2 aromatic carbocycles. The van der Waals surface area contributed by atoms with Crippen LogP contribution in [0.1, 0.15) is 24.5 Å². The quantitative estimate of drug-likeness (QED) is 0.606. The van der Waals surface area contributed by atoms with Crippen LogP contribution in [0.5, 0.6) is 5.75 Å². The Morgan fingerprint density at radius 1 is 1.21 bits per heavy atom. The van der Waals surface area contributed by atoms with Gasteiger partial charge >= 0.3 is 0 Å². The summed E-state index contributed by atoms with van der Waals surface area (Å²) >= 11 is 6.01. The maximum Gasteiger partial charge on any atom is 0.244 e. The number of anilines is 1. The van der Waals surface area contributed by atoms with Crippen LogP contribution in [-0.4, -0.2) is 39.8 Å². The van der Waals surface area contributed by atoms with E-state index in [1.54, 1.807) is 25.1 Å². The molecule has 0 aliphatic heterocycles. The summed E-state index contributed by atoms with van der Waals surface area (Å²) in [6.07, 6.45) is 1.39. The number of nitrogens with one attached hydrogen (secondary N) is 1. The van der Waals surface area contributed by atoms with E-state index >= 15 is 0 Å². The van der Waals surface area contributed by atoms with Crippen LogP contribution in [0.25, 0.3) is 0 Å². The zero-order valence-corrected chi connectivity index (χ0v) is 18.7. The summed E-state index contributed by atoms with van der Waals surface area (Å²) in [5.41, 5.74) is 2.52. The molecule has 1 amide bonds. The second-order valence-corrected chi connectivity index (χ2v) is 9.17. The fourth-order valence-electron chi connectivity index (χ4n) is 3.09. The van der Waals surface area contributed by atoms with Gasteiger partial charge in [-0.3, -0.25) is 9.10 Å². The van der Waals surface area contributed by atoms with Gasteiger partial charge in [-0.25, -0.2) is 8.42 Å². The van der Waals surface area contributed by atoms with E-state index in [4.69, 9.17) is 16.3 Å². The van der Waals surface area contributed by atoms with Crippen molar-refractivity contribution in [2.75, 3.05) is 23.7 Å². The Hall–Kier alpha value is -2.25. The van der Waals surface area contributed by atoms with Crippen LogP contribution in [0.2, 0.25) is 5.02 Å². The Morgan fingerprint density at radius 2 is 1.93 bits per heavy atom. The molecule has 0 heterocycles. The number of hydrogen-bond donors (Lipinski definition) is 1. The number of amides is 1. The SMILES string of the molecule is CC[C@H](C(=O)NCCOc1ccc(C)cc1C)N(c1cccc(Cl)c1)S(C)(=O)=O. The molecule has 0 saturated heterocycles. The number of ether oxygens (including phenoxy) is 1. The van der Waals surface area contributed by atoms with E-state index in [0.29, 0.717) is 17.1 Å². The number of hydrogen-bond acceptors (Lipinski definition) is 4. The first-order chi connectivity index (χ1) is 13.6. The number of halogens is 1. The van der Waals surface area contributed by atoms with E-state index in [0.717, 1.165) is 27.4 Å². The van der Waals surface area contributed by atoms with Crippen molar-refractivity contribution in [2.24, 2.45) is 0 Å². The Kier molecular flexibility index (Phi) is 7.93. The fourth-order valence-corrected chi connectivity index (χ4v) is 4.48. The highest BCUT2D eigenvalue weighted by molar-refractivity contribution is 7.92. The van der Waals surface area contributed by atoms with E-state index in [2.05, 4.69) is 5.32 Å². The van der Waals surface area contributed by atoms with Gasteiger partial charge in [-0.15, -0.1) is 0 Å². The van der Waals surface area contributed by atoms with Crippen LogP contribution in [0.15, 0.2) is 42.5 Å². The third-order valence-corrected chi connectivity index (χ3v) is 5.80. The number of nitrogens with zero attached hydrogens (tertiary/aromatic N) is 1. The third-order valence-electron chi connectivity index (χ3n) is 4.38. The first kappa shape index (κ1) is 23.0. The number of benzene rings is 2. The third kappa shape index (κ3) is 6.37. The second-order valence-electron chi connectivity index (χ2n) is 6.87. The van der Waals surface area contributed by atoms with Crippen molar-refractivity contribution in [1.29, 1.82) is 0 Å². The van der Waals surface area contributed by atoms with Crippen molar-refractivity contribution in [3.8, 4) is 5.75 Å². The molecule has 1 N–H and O–H groups in total. The van der Waals surface area contributed by atoms with E-state index < -0.39 is 16.1 Å². The van der Waals surface area contributed by atoms with Crippen molar-refractivity contribution in [2.45, 2.75) is 33.2 Å². The summed E-state index contributed by atoms with van der Waals surface area (Å²) in [6, 6.07) is 11.4. The van der Waals surface area contributed by atoms with E-state index in [9.17, 15) is 13.2 Å². The average molecular weight is 439 g/mol. The molecule has 0 aliphatic rings. The zero-order valence-electron chi connectivity index (χ0n) is 17.1. The first-order valence-corrected chi connectivity index (χ1v) is 11.6. The first-order valence-electron chi connectivity index (χ1n) is 9.36. The molecule has 8 heteroatoms. The number of rotatable bonds is 9.